The zero-order chi connectivity index (χ0) is 18.6. The molecule has 1 aromatic rings. The van der Waals surface area contributed by atoms with Crippen LogP contribution in [0, 0.1) is 5.41 Å². The monoisotopic (exact) mass is 359 g/mol. The normalized spacial score (nSPS) is 23.7. The Morgan fingerprint density at radius 2 is 2.15 bits per heavy atom. The number of aromatic nitrogens is 1. The third-order valence-electron chi connectivity index (χ3n) is 5.38. The van der Waals surface area contributed by atoms with Crippen LogP contribution in [0.5, 0.6) is 0 Å². The van der Waals surface area contributed by atoms with Gasteiger partial charge in [-0.3, -0.25) is 14.6 Å². The lowest BCUT2D eigenvalue weighted by Crippen LogP contribution is -2.55. The molecular formula is C20H29N3O3. The zero-order valence-corrected chi connectivity index (χ0v) is 15.8. The van der Waals surface area contributed by atoms with Crippen LogP contribution < -0.4 is 0 Å². The average Bonchev–Trinajstić information content (AvgIpc) is 2.64. The first-order valence-corrected chi connectivity index (χ1v) is 9.54. The van der Waals surface area contributed by atoms with Crippen LogP contribution in [0.3, 0.4) is 0 Å². The van der Waals surface area contributed by atoms with Crippen molar-refractivity contribution in [3.63, 3.8) is 0 Å². The molecule has 0 saturated carbocycles. The summed E-state index contributed by atoms with van der Waals surface area (Å²) >= 11 is 0. The standard InChI is InChI=1S/C20H29N3O3/c1-16(2)26-13-19(25)22-11-5-8-20(14-22)9-7-18(24)23(15-20)12-17-6-3-4-10-21-17/h3-4,6,10,16H,5,7-9,11-15H2,1-2H3/t20-/m1/s1. The fraction of sp³-hybridized carbons (Fsp3) is 0.650. The fourth-order valence-corrected chi connectivity index (χ4v) is 4.02. The lowest BCUT2D eigenvalue weighted by atomic mass is 9.73. The molecule has 2 aliphatic heterocycles. The number of hydrogen-bond donors (Lipinski definition) is 0. The molecule has 3 heterocycles. The minimum atomic E-state index is 0.00836. The number of nitrogens with zero attached hydrogens (tertiary/aromatic N) is 3. The summed E-state index contributed by atoms with van der Waals surface area (Å²) < 4.78 is 5.49. The molecule has 2 aliphatic rings. The number of amides is 2. The van der Waals surface area contributed by atoms with Crippen molar-refractivity contribution < 1.29 is 14.3 Å². The van der Waals surface area contributed by atoms with Crippen LogP contribution >= 0.6 is 0 Å². The van der Waals surface area contributed by atoms with Crippen molar-refractivity contribution in [1.82, 2.24) is 14.8 Å². The second kappa shape index (κ2) is 8.16. The Labute approximate surface area is 155 Å². The van der Waals surface area contributed by atoms with Crippen molar-refractivity contribution in [1.29, 1.82) is 0 Å². The Balaban J connectivity index is 1.64. The molecule has 0 radical (unpaired) electrons. The number of carbonyl (C=O) groups is 2. The van der Waals surface area contributed by atoms with Crippen molar-refractivity contribution in [2.75, 3.05) is 26.2 Å². The van der Waals surface area contributed by atoms with Crippen LogP contribution in [0.25, 0.3) is 0 Å². The highest BCUT2D eigenvalue weighted by atomic mass is 16.5. The smallest absolute Gasteiger partial charge is 0.248 e. The number of rotatable bonds is 5. The molecule has 1 aromatic heterocycles. The SMILES string of the molecule is CC(C)OCC(=O)N1CCC[C@@]2(CCC(=O)N(Cc3ccccn3)C2)C1. The maximum atomic E-state index is 12.5. The number of pyridine rings is 1. The van der Waals surface area contributed by atoms with Gasteiger partial charge in [0.15, 0.2) is 0 Å². The molecule has 1 spiro atoms. The molecule has 1 atom stereocenters. The van der Waals surface area contributed by atoms with Crippen LogP contribution in [-0.4, -0.2) is 58.9 Å². The van der Waals surface area contributed by atoms with Gasteiger partial charge in [0.1, 0.15) is 6.61 Å². The van der Waals surface area contributed by atoms with Crippen LogP contribution in [-0.2, 0) is 20.9 Å². The van der Waals surface area contributed by atoms with Crippen LogP contribution in [0.1, 0.15) is 45.2 Å². The lowest BCUT2D eigenvalue weighted by molar-refractivity contribution is -0.146. The maximum absolute atomic E-state index is 12.5. The molecule has 0 N–H and O–H groups in total. The van der Waals surface area contributed by atoms with E-state index >= 15 is 0 Å². The topological polar surface area (TPSA) is 62.7 Å². The van der Waals surface area contributed by atoms with E-state index in [9.17, 15) is 9.59 Å². The molecule has 2 saturated heterocycles. The van der Waals surface area contributed by atoms with E-state index in [-0.39, 0.29) is 29.9 Å². The molecule has 0 aromatic carbocycles. The highest BCUT2D eigenvalue weighted by molar-refractivity contribution is 5.78. The molecule has 0 unspecified atom stereocenters. The summed E-state index contributed by atoms with van der Waals surface area (Å²) in [6.45, 7) is 6.78. The van der Waals surface area contributed by atoms with E-state index in [1.165, 1.54) is 0 Å². The van der Waals surface area contributed by atoms with Gasteiger partial charge in [0.25, 0.3) is 0 Å². The summed E-state index contributed by atoms with van der Waals surface area (Å²) in [5.74, 6) is 0.249. The van der Waals surface area contributed by atoms with Gasteiger partial charge < -0.3 is 14.5 Å². The maximum Gasteiger partial charge on any atom is 0.248 e. The molecule has 6 heteroatoms. The van der Waals surface area contributed by atoms with Gasteiger partial charge in [-0.05, 0) is 45.2 Å². The van der Waals surface area contributed by atoms with Gasteiger partial charge in [-0.1, -0.05) is 6.07 Å². The second-order valence-electron chi connectivity index (χ2n) is 7.85. The molecule has 2 fully saturated rings. The summed E-state index contributed by atoms with van der Waals surface area (Å²) in [7, 11) is 0. The lowest BCUT2D eigenvalue weighted by Gasteiger charge is -2.48. The third kappa shape index (κ3) is 4.61. The third-order valence-corrected chi connectivity index (χ3v) is 5.38. The van der Waals surface area contributed by atoms with Gasteiger partial charge in [0.05, 0.1) is 18.3 Å². The van der Waals surface area contributed by atoms with E-state index < -0.39 is 0 Å². The highest BCUT2D eigenvalue weighted by Crippen LogP contribution is 2.39. The number of ether oxygens (including phenoxy) is 1. The van der Waals surface area contributed by atoms with Crippen molar-refractivity contribution in [2.45, 2.75) is 52.2 Å². The molecule has 0 bridgehead atoms. The first-order chi connectivity index (χ1) is 12.5. The van der Waals surface area contributed by atoms with E-state index in [1.807, 2.05) is 41.8 Å². The van der Waals surface area contributed by atoms with Crippen LogP contribution in [0.4, 0.5) is 0 Å². The quantitative estimate of drug-likeness (QED) is 0.809. The zero-order valence-electron chi connectivity index (χ0n) is 15.8. The summed E-state index contributed by atoms with van der Waals surface area (Å²) in [4.78, 5) is 33.1. The van der Waals surface area contributed by atoms with E-state index in [4.69, 9.17) is 4.74 Å². The summed E-state index contributed by atoms with van der Waals surface area (Å²) in [6, 6.07) is 5.78. The van der Waals surface area contributed by atoms with E-state index in [1.54, 1.807) is 6.20 Å². The number of carbonyl (C=O) groups excluding carboxylic acids is 2. The summed E-state index contributed by atoms with van der Waals surface area (Å²) in [6.07, 6.45) is 5.28. The number of piperidine rings is 2. The predicted molar refractivity (Wildman–Crippen MR) is 98.2 cm³/mol. The van der Waals surface area contributed by atoms with E-state index in [0.29, 0.717) is 19.5 Å². The van der Waals surface area contributed by atoms with Gasteiger partial charge in [0.2, 0.25) is 11.8 Å². The predicted octanol–water partition coefficient (Wildman–Crippen LogP) is 2.24. The van der Waals surface area contributed by atoms with Crippen molar-refractivity contribution in [2.24, 2.45) is 5.41 Å². The molecule has 0 aliphatic carbocycles. The van der Waals surface area contributed by atoms with E-state index in [2.05, 4.69) is 4.98 Å². The van der Waals surface area contributed by atoms with Crippen molar-refractivity contribution in [3.8, 4) is 0 Å². The Bertz CT molecular complexity index is 634. The fourth-order valence-electron chi connectivity index (χ4n) is 4.02. The molecular weight excluding hydrogens is 330 g/mol. The molecule has 6 nitrogen and oxygen atoms in total. The Morgan fingerprint density at radius 1 is 1.31 bits per heavy atom. The molecule has 2 amide bonds. The minimum absolute atomic E-state index is 0.00836. The molecule has 26 heavy (non-hydrogen) atoms. The van der Waals surface area contributed by atoms with Crippen LogP contribution in [0.2, 0.25) is 0 Å². The Hall–Kier alpha value is -1.95. The van der Waals surface area contributed by atoms with Crippen LogP contribution in [0.15, 0.2) is 24.4 Å². The number of likely N-dealkylation sites (tertiary alicyclic amines) is 2. The summed E-state index contributed by atoms with van der Waals surface area (Å²) in [5.41, 5.74) is 0.918. The first kappa shape index (κ1) is 18.8. The summed E-state index contributed by atoms with van der Waals surface area (Å²) in [5, 5.41) is 0. The Morgan fingerprint density at radius 3 is 2.88 bits per heavy atom. The first-order valence-electron chi connectivity index (χ1n) is 9.54. The average molecular weight is 359 g/mol. The van der Waals surface area contributed by atoms with Gasteiger partial charge in [-0.25, -0.2) is 0 Å². The largest absolute Gasteiger partial charge is 0.369 e. The van der Waals surface area contributed by atoms with E-state index in [0.717, 1.165) is 38.0 Å². The van der Waals surface area contributed by atoms with Crippen molar-refractivity contribution >= 4 is 11.8 Å². The van der Waals surface area contributed by atoms with Gasteiger partial charge >= 0.3 is 0 Å². The minimum Gasteiger partial charge on any atom is -0.369 e. The van der Waals surface area contributed by atoms with Gasteiger partial charge in [-0.2, -0.15) is 0 Å². The second-order valence-corrected chi connectivity index (χ2v) is 7.85. The molecule has 3 rings (SSSR count). The highest BCUT2D eigenvalue weighted by Gasteiger charge is 2.42. The van der Waals surface area contributed by atoms with Gasteiger partial charge in [0, 0.05) is 37.7 Å². The van der Waals surface area contributed by atoms with Crippen molar-refractivity contribution in [3.05, 3.63) is 30.1 Å². The van der Waals surface area contributed by atoms with Gasteiger partial charge in [-0.15, -0.1) is 0 Å². The number of hydrogen-bond acceptors (Lipinski definition) is 4. The molecule has 142 valence electrons. The Kier molecular flexibility index (Phi) is 5.91.